The van der Waals surface area contributed by atoms with E-state index in [0.29, 0.717) is 12.1 Å². The molecule has 0 aliphatic heterocycles. The summed E-state index contributed by atoms with van der Waals surface area (Å²) in [5, 5.41) is 12.8. The zero-order valence-electron chi connectivity index (χ0n) is 16.7. The summed E-state index contributed by atoms with van der Waals surface area (Å²) in [5.74, 6) is -1.90. The molecule has 0 bridgehead atoms. The second kappa shape index (κ2) is 8.48. The third-order valence-electron chi connectivity index (χ3n) is 3.98. The maximum Gasteiger partial charge on any atom is 0.272 e. The van der Waals surface area contributed by atoms with Crippen LogP contribution in [0.5, 0.6) is 5.75 Å². The summed E-state index contributed by atoms with van der Waals surface area (Å²) in [7, 11) is 0. The molecule has 0 fully saturated rings. The number of nitrogens with one attached hydrogen (secondary N) is 1. The van der Waals surface area contributed by atoms with Crippen molar-refractivity contribution < 1.29 is 19.5 Å². The van der Waals surface area contributed by atoms with E-state index in [0.717, 1.165) is 11.5 Å². The molecule has 0 aliphatic rings. The number of nitrogen functional groups attached to an aromatic ring is 1. The van der Waals surface area contributed by atoms with Crippen LogP contribution in [0.4, 0.5) is 11.4 Å². The Labute approximate surface area is 172 Å². The van der Waals surface area contributed by atoms with E-state index in [1.807, 2.05) is 20.8 Å². The predicted molar refractivity (Wildman–Crippen MR) is 112 cm³/mol. The van der Waals surface area contributed by atoms with Gasteiger partial charge in [0.1, 0.15) is 16.7 Å². The average molecular weight is 420 g/mol. The minimum Gasteiger partial charge on any atom is -0.508 e. The van der Waals surface area contributed by atoms with E-state index < -0.39 is 23.4 Å². The molecule has 6 N–H and O–H groups in total. The van der Waals surface area contributed by atoms with E-state index in [1.54, 1.807) is 19.1 Å². The number of nitrogens with zero attached hydrogens (tertiary/aromatic N) is 2. The van der Waals surface area contributed by atoms with E-state index in [-0.39, 0.29) is 27.9 Å². The molecular weight excluding hydrogens is 394 g/mol. The van der Waals surface area contributed by atoms with Crippen molar-refractivity contribution in [2.24, 2.45) is 5.73 Å². The monoisotopic (exact) mass is 419 g/mol. The van der Waals surface area contributed by atoms with E-state index in [2.05, 4.69) is 9.69 Å². The first-order valence-corrected chi connectivity index (χ1v) is 9.73. The summed E-state index contributed by atoms with van der Waals surface area (Å²) in [6.45, 7) is 7.26. The van der Waals surface area contributed by atoms with Crippen molar-refractivity contribution in [2.45, 2.75) is 45.7 Å². The lowest BCUT2D eigenvalue weighted by Gasteiger charge is -2.32. The van der Waals surface area contributed by atoms with Crippen molar-refractivity contribution in [3.8, 4) is 5.75 Å². The highest BCUT2D eigenvalue weighted by Crippen LogP contribution is 2.30. The zero-order chi connectivity index (χ0) is 21.9. The van der Waals surface area contributed by atoms with E-state index in [4.69, 9.17) is 11.5 Å². The molecule has 1 atom stereocenters. The number of carbonyl (C=O) groups is 3. The number of phenols is 1. The molecule has 0 spiro atoms. The van der Waals surface area contributed by atoms with Gasteiger partial charge in [-0.05, 0) is 50.9 Å². The Morgan fingerprint density at radius 1 is 1.31 bits per heavy atom. The number of anilines is 2. The predicted octanol–water partition coefficient (Wildman–Crippen LogP) is 1.87. The number of amides is 3. The number of benzene rings is 1. The minimum atomic E-state index is -0.887. The average Bonchev–Trinajstić information content (AvgIpc) is 2.99. The summed E-state index contributed by atoms with van der Waals surface area (Å²) in [6, 6.07) is 5.09. The quantitative estimate of drug-likeness (QED) is 0.561. The second-order valence-corrected chi connectivity index (χ2v) is 8.27. The lowest BCUT2D eigenvalue weighted by Crippen LogP contribution is -2.54. The van der Waals surface area contributed by atoms with Gasteiger partial charge in [0.15, 0.2) is 5.69 Å². The molecular formula is C19H25N5O4S. The SMILES string of the molecule is CCC(C(=O)NC(C)(C)C)N(C(=O)c1snc(C(N)=O)c1N)c1cccc(O)c1. The first-order valence-electron chi connectivity index (χ1n) is 8.95. The number of hydrogen-bond acceptors (Lipinski definition) is 7. The van der Waals surface area contributed by atoms with E-state index in [9.17, 15) is 19.5 Å². The van der Waals surface area contributed by atoms with Crippen LogP contribution in [-0.4, -0.2) is 38.8 Å². The van der Waals surface area contributed by atoms with Crippen molar-refractivity contribution in [3.05, 3.63) is 34.8 Å². The molecule has 156 valence electrons. The van der Waals surface area contributed by atoms with Crippen LogP contribution in [-0.2, 0) is 4.79 Å². The Hall–Kier alpha value is -3.14. The van der Waals surface area contributed by atoms with Crippen molar-refractivity contribution in [3.63, 3.8) is 0 Å². The number of primary amides is 1. The highest BCUT2D eigenvalue weighted by molar-refractivity contribution is 7.09. The van der Waals surface area contributed by atoms with Crippen molar-refractivity contribution in [1.29, 1.82) is 0 Å². The third kappa shape index (κ3) is 5.02. The first-order chi connectivity index (χ1) is 13.5. The summed E-state index contributed by atoms with van der Waals surface area (Å²) < 4.78 is 3.86. The van der Waals surface area contributed by atoms with Gasteiger partial charge in [0.05, 0.1) is 5.69 Å². The van der Waals surface area contributed by atoms with Crippen LogP contribution in [0.1, 0.15) is 54.3 Å². The van der Waals surface area contributed by atoms with Crippen LogP contribution in [0.25, 0.3) is 0 Å². The summed E-state index contributed by atoms with van der Waals surface area (Å²) in [6.07, 6.45) is 0.296. The Kier molecular flexibility index (Phi) is 6.48. The van der Waals surface area contributed by atoms with Gasteiger partial charge in [-0.1, -0.05) is 13.0 Å². The molecule has 0 saturated carbocycles. The fourth-order valence-corrected chi connectivity index (χ4v) is 3.50. The molecule has 29 heavy (non-hydrogen) atoms. The molecule has 2 rings (SSSR count). The van der Waals surface area contributed by atoms with Gasteiger partial charge in [-0.25, -0.2) is 0 Å². The lowest BCUT2D eigenvalue weighted by molar-refractivity contribution is -0.123. The summed E-state index contributed by atoms with van der Waals surface area (Å²) >= 11 is 0.731. The Morgan fingerprint density at radius 2 is 1.97 bits per heavy atom. The van der Waals surface area contributed by atoms with Gasteiger partial charge in [0.2, 0.25) is 5.91 Å². The topological polar surface area (TPSA) is 152 Å². The number of nitrogens with two attached hydrogens (primary N) is 2. The van der Waals surface area contributed by atoms with Crippen LogP contribution < -0.4 is 21.7 Å². The summed E-state index contributed by atoms with van der Waals surface area (Å²) in [5.41, 5.74) is 10.6. The van der Waals surface area contributed by atoms with Gasteiger partial charge >= 0.3 is 0 Å². The van der Waals surface area contributed by atoms with E-state index in [1.165, 1.54) is 17.0 Å². The number of rotatable bonds is 6. The van der Waals surface area contributed by atoms with Gasteiger partial charge in [-0.15, -0.1) is 0 Å². The van der Waals surface area contributed by atoms with Gasteiger partial charge in [0, 0.05) is 17.3 Å². The minimum absolute atomic E-state index is 0.0100. The number of carbonyl (C=O) groups excluding carboxylic acids is 3. The third-order valence-corrected chi connectivity index (χ3v) is 4.83. The molecule has 3 amide bonds. The van der Waals surface area contributed by atoms with Crippen LogP contribution in [0.3, 0.4) is 0 Å². The molecule has 1 heterocycles. The van der Waals surface area contributed by atoms with Crippen molar-refractivity contribution >= 4 is 40.6 Å². The standard InChI is InChI=1S/C19H25N5O4S/c1-5-12(17(27)22-19(2,3)4)24(10-7-6-8-11(25)9-10)18(28)15-13(20)14(16(21)26)23-29-15/h6-9,12,25H,5,20H2,1-4H3,(H2,21,26)(H,22,27). The number of hydrogen-bond donors (Lipinski definition) is 4. The molecule has 1 aromatic carbocycles. The first kappa shape index (κ1) is 22.2. The Balaban J connectivity index is 2.57. The maximum atomic E-state index is 13.4. The van der Waals surface area contributed by atoms with Gasteiger partial charge < -0.3 is 21.9 Å². The second-order valence-electron chi connectivity index (χ2n) is 7.50. The van der Waals surface area contributed by atoms with Crippen LogP contribution in [0.15, 0.2) is 24.3 Å². The molecule has 1 unspecified atom stereocenters. The maximum absolute atomic E-state index is 13.4. The summed E-state index contributed by atoms with van der Waals surface area (Å²) in [4.78, 5) is 39.0. The highest BCUT2D eigenvalue weighted by atomic mass is 32.1. The highest BCUT2D eigenvalue weighted by Gasteiger charge is 2.35. The molecule has 0 radical (unpaired) electrons. The lowest BCUT2D eigenvalue weighted by atomic mass is 10.1. The normalized spacial score (nSPS) is 12.3. The Morgan fingerprint density at radius 3 is 2.45 bits per heavy atom. The molecule has 2 aromatic rings. The number of aromatic hydroxyl groups is 1. The molecule has 0 saturated heterocycles. The van der Waals surface area contributed by atoms with Crippen molar-refractivity contribution in [1.82, 2.24) is 9.69 Å². The molecule has 10 heteroatoms. The largest absolute Gasteiger partial charge is 0.508 e. The van der Waals surface area contributed by atoms with Crippen LogP contribution in [0.2, 0.25) is 0 Å². The zero-order valence-corrected chi connectivity index (χ0v) is 17.5. The van der Waals surface area contributed by atoms with Gasteiger partial charge in [-0.2, -0.15) is 4.37 Å². The number of phenolic OH excluding ortho intramolecular Hbond substituents is 1. The van der Waals surface area contributed by atoms with Gasteiger partial charge in [-0.3, -0.25) is 19.3 Å². The Bertz CT molecular complexity index is 935. The van der Waals surface area contributed by atoms with Crippen LogP contribution in [0, 0.1) is 0 Å². The number of aromatic nitrogens is 1. The molecule has 1 aromatic heterocycles. The van der Waals surface area contributed by atoms with Crippen LogP contribution >= 0.6 is 11.5 Å². The molecule has 9 nitrogen and oxygen atoms in total. The van der Waals surface area contributed by atoms with E-state index >= 15 is 0 Å². The van der Waals surface area contributed by atoms with Crippen molar-refractivity contribution in [2.75, 3.05) is 10.6 Å². The van der Waals surface area contributed by atoms with Gasteiger partial charge in [0.25, 0.3) is 11.8 Å². The molecule has 0 aliphatic carbocycles. The fourth-order valence-electron chi connectivity index (χ4n) is 2.76. The smallest absolute Gasteiger partial charge is 0.272 e. The fraction of sp³-hybridized carbons (Fsp3) is 0.368.